The number of hydrogen-bond donors (Lipinski definition) is 1. The van der Waals surface area contributed by atoms with Crippen molar-refractivity contribution in [3.8, 4) is 0 Å². The molecule has 0 aromatic carbocycles. The highest BCUT2D eigenvalue weighted by molar-refractivity contribution is 7.14. The maximum absolute atomic E-state index is 11.0. The Kier molecular flexibility index (Phi) is 3.79. The van der Waals surface area contributed by atoms with Crippen LogP contribution in [0.5, 0.6) is 0 Å². The van der Waals surface area contributed by atoms with E-state index < -0.39 is 12.6 Å². The zero-order valence-electron chi connectivity index (χ0n) is 7.65. The summed E-state index contributed by atoms with van der Waals surface area (Å²) in [6.45, 7) is -0.467. The zero-order valence-corrected chi connectivity index (χ0v) is 8.47. The lowest BCUT2D eigenvalue weighted by molar-refractivity contribution is -0.121. The van der Waals surface area contributed by atoms with E-state index in [0.29, 0.717) is 4.88 Å². The number of ether oxygens (including phenoxy) is 1. The van der Waals surface area contributed by atoms with Crippen molar-refractivity contribution in [2.24, 2.45) is 0 Å². The number of carbonyl (C=O) groups is 2. The number of aliphatic hydroxyl groups excluding tert-OH is 1. The minimum atomic E-state index is -0.467. The van der Waals surface area contributed by atoms with Crippen molar-refractivity contribution in [2.45, 2.75) is 6.42 Å². The summed E-state index contributed by atoms with van der Waals surface area (Å²) in [6, 6.07) is 3.29. The molecule has 1 N–H and O–H groups in total. The standard InChI is InChI=1S/C9H10O4S/c1-13-9(12)8-3-2-7(14-8)4-6(11)5-10/h2-3,10H,4-5H2,1H3. The minimum absolute atomic E-state index is 0.165. The van der Waals surface area contributed by atoms with E-state index >= 15 is 0 Å². The molecular formula is C9H10O4S. The number of ketones is 1. The second-order valence-electron chi connectivity index (χ2n) is 2.63. The molecule has 0 aliphatic carbocycles. The second kappa shape index (κ2) is 4.88. The molecule has 14 heavy (non-hydrogen) atoms. The molecule has 0 atom stereocenters. The number of rotatable bonds is 4. The third-order valence-electron chi connectivity index (χ3n) is 1.60. The van der Waals surface area contributed by atoms with Gasteiger partial charge in [-0.15, -0.1) is 11.3 Å². The monoisotopic (exact) mass is 214 g/mol. The van der Waals surface area contributed by atoms with E-state index in [2.05, 4.69) is 4.74 Å². The van der Waals surface area contributed by atoms with Gasteiger partial charge in [-0.2, -0.15) is 0 Å². The van der Waals surface area contributed by atoms with Gasteiger partial charge in [0, 0.05) is 11.3 Å². The summed E-state index contributed by atoms with van der Waals surface area (Å²) in [5.41, 5.74) is 0. The Morgan fingerprint density at radius 3 is 2.79 bits per heavy atom. The van der Waals surface area contributed by atoms with Crippen molar-refractivity contribution in [3.05, 3.63) is 21.9 Å². The molecule has 1 aromatic rings. The molecule has 1 heterocycles. The van der Waals surface area contributed by atoms with Crippen molar-refractivity contribution in [1.82, 2.24) is 0 Å². The third kappa shape index (κ3) is 2.65. The molecule has 4 nitrogen and oxygen atoms in total. The molecule has 0 unspecified atom stereocenters. The van der Waals surface area contributed by atoms with E-state index in [9.17, 15) is 9.59 Å². The highest BCUT2D eigenvalue weighted by Crippen LogP contribution is 2.17. The average molecular weight is 214 g/mol. The van der Waals surface area contributed by atoms with E-state index in [1.54, 1.807) is 12.1 Å². The number of esters is 1. The third-order valence-corrected chi connectivity index (χ3v) is 2.66. The van der Waals surface area contributed by atoms with Crippen LogP contribution in [0.2, 0.25) is 0 Å². The Hall–Kier alpha value is -1.20. The Labute approximate surface area is 85.1 Å². The quantitative estimate of drug-likeness (QED) is 0.747. The predicted molar refractivity (Wildman–Crippen MR) is 51.5 cm³/mol. The Bertz CT molecular complexity index is 342. The van der Waals surface area contributed by atoms with E-state index in [1.165, 1.54) is 18.4 Å². The van der Waals surface area contributed by atoms with Crippen LogP contribution in [0.25, 0.3) is 0 Å². The topological polar surface area (TPSA) is 63.6 Å². The maximum Gasteiger partial charge on any atom is 0.348 e. The van der Waals surface area contributed by atoms with Crippen LogP contribution in [0.4, 0.5) is 0 Å². The first-order valence-corrected chi connectivity index (χ1v) is 4.78. The van der Waals surface area contributed by atoms with Gasteiger partial charge in [0.2, 0.25) is 0 Å². The number of carbonyl (C=O) groups excluding carboxylic acids is 2. The lowest BCUT2D eigenvalue weighted by Crippen LogP contribution is -2.05. The lowest BCUT2D eigenvalue weighted by Gasteiger charge is -1.93. The van der Waals surface area contributed by atoms with Gasteiger partial charge < -0.3 is 9.84 Å². The molecule has 0 amide bonds. The van der Waals surface area contributed by atoms with Gasteiger partial charge in [-0.25, -0.2) is 4.79 Å². The van der Waals surface area contributed by atoms with Gasteiger partial charge in [-0.3, -0.25) is 4.79 Å². The molecule has 0 saturated heterocycles. The van der Waals surface area contributed by atoms with Gasteiger partial charge in [-0.05, 0) is 12.1 Å². The minimum Gasteiger partial charge on any atom is -0.465 e. The van der Waals surface area contributed by atoms with Crippen LogP contribution in [0.15, 0.2) is 12.1 Å². The van der Waals surface area contributed by atoms with Crippen LogP contribution >= 0.6 is 11.3 Å². The highest BCUT2D eigenvalue weighted by Gasteiger charge is 2.10. The largest absolute Gasteiger partial charge is 0.465 e. The summed E-state index contributed by atoms with van der Waals surface area (Å²) in [4.78, 5) is 23.1. The fraction of sp³-hybridized carbons (Fsp3) is 0.333. The highest BCUT2D eigenvalue weighted by atomic mass is 32.1. The molecule has 76 valence electrons. The van der Waals surface area contributed by atoms with E-state index in [0.717, 1.165) is 4.88 Å². The number of hydrogen-bond acceptors (Lipinski definition) is 5. The predicted octanol–water partition coefficient (Wildman–Crippen LogP) is 0.639. The first-order valence-electron chi connectivity index (χ1n) is 3.97. The van der Waals surface area contributed by atoms with Gasteiger partial charge >= 0.3 is 5.97 Å². The van der Waals surface area contributed by atoms with Gasteiger partial charge in [0.15, 0.2) is 5.78 Å². The molecule has 0 aliphatic rings. The summed E-state index contributed by atoms with van der Waals surface area (Å²) in [5.74, 6) is -0.666. The summed E-state index contributed by atoms with van der Waals surface area (Å²) in [7, 11) is 1.31. The molecule has 0 saturated carbocycles. The van der Waals surface area contributed by atoms with Crippen molar-refractivity contribution in [2.75, 3.05) is 13.7 Å². The summed E-state index contributed by atoms with van der Waals surface area (Å²) < 4.78 is 4.52. The van der Waals surface area contributed by atoms with Crippen molar-refractivity contribution in [1.29, 1.82) is 0 Å². The van der Waals surface area contributed by atoms with Crippen molar-refractivity contribution >= 4 is 23.1 Å². The van der Waals surface area contributed by atoms with Crippen LogP contribution in [0.3, 0.4) is 0 Å². The van der Waals surface area contributed by atoms with E-state index in [4.69, 9.17) is 5.11 Å². The first-order chi connectivity index (χ1) is 6.67. The maximum atomic E-state index is 11.0. The lowest BCUT2D eigenvalue weighted by atomic mass is 10.2. The SMILES string of the molecule is COC(=O)c1ccc(CC(=O)CO)s1. The Balaban J connectivity index is 2.68. The van der Waals surface area contributed by atoms with Crippen LogP contribution in [0.1, 0.15) is 14.5 Å². The van der Waals surface area contributed by atoms with Gasteiger partial charge in [0.25, 0.3) is 0 Å². The molecule has 1 rings (SSSR count). The number of methoxy groups -OCH3 is 1. The van der Waals surface area contributed by atoms with Gasteiger partial charge in [-0.1, -0.05) is 0 Å². The van der Waals surface area contributed by atoms with E-state index in [1.807, 2.05) is 0 Å². The van der Waals surface area contributed by atoms with Crippen LogP contribution in [-0.2, 0) is 16.0 Å². The zero-order chi connectivity index (χ0) is 10.6. The molecule has 1 aromatic heterocycles. The van der Waals surface area contributed by atoms with Crippen molar-refractivity contribution in [3.63, 3.8) is 0 Å². The molecule has 0 bridgehead atoms. The Morgan fingerprint density at radius 2 is 2.21 bits per heavy atom. The fourth-order valence-corrected chi connectivity index (χ4v) is 1.89. The van der Waals surface area contributed by atoms with Gasteiger partial charge in [0.05, 0.1) is 7.11 Å². The number of Topliss-reactive ketones (excluding diaryl/α,β-unsaturated/α-hetero) is 1. The van der Waals surface area contributed by atoms with Crippen LogP contribution < -0.4 is 0 Å². The summed E-state index contributed by atoms with van der Waals surface area (Å²) in [6.07, 6.45) is 0.165. The molecule has 0 spiro atoms. The molecule has 0 radical (unpaired) electrons. The van der Waals surface area contributed by atoms with Crippen LogP contribution in [0, 0.1) is 0 Å². The smallest absolute Gasteiger partial charge is 0.348 e. The van der Waals surface area contributed by atoms with Gasteiger partial charge in [0.1, 0.15) is 11.5 Å². The van der Waals surface area contributed by atoms with Crippen molar-refractivity contribution < 1.29 is 19.4 Å². The number of aliphatic hydroxyl groups is 1. The fourth-order valence-electron chi connectivity index (χ4n) is 0.933. The van der Waals surface area contributed by atoms with E-state index in [-0.39, 0.29) is 12.2 Å². The normalized spacial score (nSPS) is 9.86. The molecule has 5 heteroatoms. The first kappa shape index (κ1) is 10.9. The average Bonchev–Trinajstić information content (AvgIpc) is 2.65. The summed E-state index contributed by atoms with van der Waals surface area (Å²) >= 11 is 1.20. The molecular weight excluding hydrogens is 204 g/mol. The molecule has 0 aliphatic heterocycles. The van der Waals surface area contributed by atoms with Crippen LogP contribution in [-0.4, -0.2) is 30.6 Å². The number of thiophene rings is 1. The Morgan fingerprint density at radius 1 is 1.50 bits per heavy atom. The molecule has 0 fully saturated rings. The summed E-state index contributed by atoms with van der Waals surface area (Å²) in [5, 5.41) is 8.52. The second-order valence-corrected chi connectivity index (χ2v) is 3.80.